The Labute approximate surface area is 144 Å². The first-order chi connectivity index (χ1) is 12.0. The van der Waals surface area contributed by atoms with Gasteiger partial charge in [-0.3, -0.25) is 19.6 Å². The molecule has 0 aromatic carbocycles. The van der Waals surface area contributed by atoms with Gasteiger partial charge in [0.2, 0.25) is 11.9 Å². The van der Waals surface area contributed by atoms with Gasteiger partial charge in [-0.2, -0.15) is 5.43 Å². The number of hydrogen-bond donors (Lipinski definition) is 1. The number of carbonyl (C=O) groups excluding carboxylic acids is 2. The third kappa shape index (κ3) is 2.91. The van der Waals surface area contributed by atoms with E-state index in [0.717, 1.165) is 10.5 Å². The number of nitrogens with zero attached hydrogens (tertiary/aromatic N) is 6. The standard InChI is InChI=1S/C16H17N7O2/c1-4-9-23-12-13(21(2)16(25)22(3)14(12)24)19-15(23)20-18-10-11-5-7-17-8-6-11/h4-8,10,12H,1,9H2,2-3H3/p+1/b18-10+. The number of amidine groups is 1. The molecule has 0 radical (unpaired) electrons. The van der Waals surface area contributed by atoms with Crippen LogP contribution in [0.3, 0.4) is 0 Å². The van der Waals surface area contributed by atoms with Crippen LogP contribution in [0.25, 0.3) is 0 Å². The molecule has 1 N–H and O–H groups in total. The normalized spacial score (nSPS) is 20.2. The molecule has 1 atom stereocenters. The second kappa shape index (κ2) is 6.63. The summed E-state index contributed by atoms with van der Waals surface area (Å²) in [6, 6.07) is 2.52. The summed E-state index contributed by atoms with van der Waals surface area (Å²) < 4.78 is 1.72. The van der Waals surface area contributed by atoms with E-state index in [1.165, 1.54) is 11.9 Å². The van der Waals surface area contributed by atoms with E-state index in [9.17, 15) is 9.59 Å². The number of aromatic nitrogens is 1. The number of amides is 3. The Morgan fingerprint density at radius 3 is 2.72 bits per heavy atom. The predicted octanol–water partition coefficient (Wildman–Crippen LogP) is -0.136. The van der Waals surface area contributed by atoms with Crippen LogP contribution in [0.2, 0.25) is 0 Å². The highest BCUT2D eigenvalue weighted by Crippen LogP contribution is 2.18. The zero-order valence-corrected chi connectivity index (χ0v) is 14.0. The third-order valence-electron chi connectivity index (χ3n) is 3.94. The lowest BCUT2D eigenvalue weighted by molar-refractivity contribution is -0.527. The Morgan fingerprint density at radius 1 is 1.32 bits per heavy atom. The number of imide groups is 1. The molecule has 3 heterocycles. The van der Waals surface area contributed by atoms with E-state index in [1.54, 1.807) is 36.3 Å². The summed E-state index contributed by atoms with van der Waals surface area (Å²) in [5.41, 5.74) is 3.71. The molecule has 0 spiro atoms. The molecule has 9 heteroatoms. The van der Waals surface area contributed by atoms with Gasteiger partial charge < -0.3 is 0 Å². The van der Waals surface area contributed by atoms with Crippen LogP contribution in [0.5, 0.6) is 0 Å². The summed E-state index contributed by atoms with van der Waals surface area (Å²) in [6.45, 7) is 4.10. The van der Waals surface area contributed by atoms with Crippen molar-refractivity contribution in [2.45, 2.75) is 6.04 Å². The van der Waals surface area contributed by atoms with Crippen LogP contribution in [-0.2, 0) is 4.79 Å². The number of pyridine rings is 1. The summed E-state index contributed by atoms with van der Waals surface area (Å²) in [7, 11) is 3.05. The van der Waals surface area contributed by atoms with Gasteiger partial charge in [-0.25, -0.2) is 9.37 Å². The molecule has 0 bridgehead atoms. The predicted molar refractivity (Wildman–Crippen MR) is 92.5 cm³/mol. The number of rotatable bonds is 4. The number of aliphatic imine (C=N–C) groups is 1. The Kier molecular flexibility index (Phi) is 4.38. The van der Waals surface area contributed by atoms with Crippen LogP contribution < -0.4 is 5.43 Å². The van der Waals surface area contributed by atoms with Crippen molar-refractivity contribution < 1.29 is 14.2 Å². The fourth-order valence-corrected chi connectivity index (χ4v) is 2.63. The monoisotopic (exact) mass is 340 g/mol. The molecule has 9 nitrogen and oxygen atoms in total. The van der Waals surface area contributed by atoms with E-state index in [0.29, 0.717) is 18.3 Å². The van der Waals surface area contributed by atoms with Crippen molar-refractivity contribution in [2.75, 3.05) is 20.6 Å². The molecule has 1 aromatic heterocycles. The van der Waals surface area contributed by atoms with Gasteiger partial charge in [-0.15, -0.1) is 5.10 Å². The number of hydrogen-bond acceptors (Lipinski definition) is 6. The molecule has 0 aliphatic carbocycles. The van der Waals surface area contributed by atoms with E-state index in [1.807, 2.05) is 12.1 Å². The summed E-state index contributed by atoms with van der Waals surface area (Å²) in [5.74, 6) is 0.420. The lowest BCUT2D eigenvalue weighted by Crippen LogP contribution is -2.61. The molecule has 0 saturated carbocycles. The second-order valence-corrected chi connectivity index (χ2v) is 5.53. The van der Waals surface area contributed by atoms with Gasteiger partial charge in [0.15, 0.2) is 0 Å². The van der Waals surface area contributed by atoms with Gasteiger partial charge in [0.25, 0.3) is 5.91 Å². The van der Waals surface area contributed by atoms with Gasteiger partial charge in [0.1, 0.15) is 0 Å². The highest BCUT2D eigenvalue weighted by atomic mass is 16.2. The number of nitrogens with one attached hydrogen (secondary N) is 1. The molecule has 3 rings (SSSR count). The molecule has 1 saturated heterocycles. The summed E-state index contributed by atoms with van der Waals surface area (Å²) >= 11 is 0. The minimum absolute atomic E-state index is 0.335. The summed E-state index contributed by atoms with van der Waals surface area (Å²) in [6.07, 6.45) is 6.61. The number of guanidine groups is 1. The molecule has 2 aliphatic rings. The van der Waals surface area contributed by atoms with Crippen molar-refractivity contribution in [3.63, 3.8) is 0 Å². The fraction of sp³-hybridized carbons (Fsp3) is 0.250. The maximum Gasteiger partial charge on any atom is 0.414 e. The van der Waals surface area contributed by atoms with Crippen molar-refractivity contribution in [1.29, 1.82) is 0 Å². The minimum Gasteiger partial charge on any atom is -0.270 e. The average molecular weight is 340 g/mol. The first kappa shape index (κ1) is 16.5. The molecular formula is C16H18N7O2+. The fourth-order valence-electron chi connectivity index (χ4n) is 2.63. The number of fused-ring (bicyclic) bond motifs is 1. The van der Waals surface area contributed by atoms with Gasteiger partial charge in [0.05, 0.1) is 12.8 Å². The first-order valence-corrected chi connectivity index (χ1v) is 7.62. The van der Waals surface area contributed by atoms with E-state index in [-0.39, 0.29) is 5.91 Å². The highest BCUT2D eigenvalue weighted by molar-refractivity contribution is 6.22. The molecule has 1 fully saturated rings. The lowest BCUT2D eigenvalue weighted by Gasteiger charge is -2.31. The van der Waals surface area contributed by atoms with Crippen molar-refractivity contribution in [3.05, 3.63) is 42.7 Å². The Balaban J connectivity index is 1.89. The third-order valence-corrected chi connectivity index (χ3v) is 3.94. The van der Waals surface area contributed by atoms with Crippen molar-refractivity contribution >= 4 is 29.9 Å². The van der Waals surface area contributed by atoms with Crippen LogP contribution in [0.15, 0.2) is 47.3 Å². The van der Waals surface area contributed by atoms with Crippen LogP contribution >= 0.6 is 0 Å². The van der Waals surface area contributed by atoms with Gasteiger partial charge in [-0.1, -0.05) is 17.6 Å². The molecular weight excluding hydrogens is 322 g/mol. The summed E-state index contributed by atoms with van der Waals surface area (Å²) in [4.78, 5) is 35.4. The average Bonchev–Trinajstić information content (AvgIpc) is 2.98. The lowest BCUT2D eigenvalue weighted by atomic mass is 10.1. The maximum absolute atomic E-state index is 12.5. The van der Waals surface area contributed by atoms with Crippen molar-refractivity contribution in [3.8, 4) is 0 Å². The highest BCUT2D eigenvalue weighted by Gasteiger charge is 2.51. The van der Waals surface area contributed by atoms with Gasteiger partial charge >= 0.3 is 12.0 Å². The first-order valence-electron chi connectivity index (χ1n) is 7.62. The topological polar surface area (TPSA) is 93.3 Å². The minimum atomic E-state index is -0.677. The number of carbonyl (C=O) groups is 2. The van der Waals surface area contributed by atoms with Gasteiger partial charge in [0, 0.05) is 26.5 Å². The number of likely N-dealkylation sites (N-methyl/N-ethyl adjacent to an activating group) is 2. The molecule has 2 aliphatic heterocycles. The van der Waals surface area contributed by atoms with Gasteiger partial charge in [-0.05, 0) is 17.7 Å². The largest absolute Gasteiger partial charge is 0.414 e. The van der Waals surface area contributed by atoms with Crippen LogP contribution in [-0.4, -0.2) is 76.0 Å². The smallest absolute Gasteiger partial charge is 0.270 e. The van der Waals surface area contributed by atoms with Crippen LogP contribution in [0.4, 0.5) is 4.79 Å². The van der Waals surface area contributed by atoms with E-state index in [4.69, 9.17) is 0 Å². The number of urea groups is 1. The number of hydrazone groups is 1. The molecule has 1 unspecified atom stereocenters. The SMILES string of the molecule is C=CC[N+]1=C(N/N=C/c2ccncc2)N=C2C1C(=O)N(C)C(=O)N2C. The quantitative estimate of drug-likeness (QED) is 0.357. The Morgan fingerprint density at radius 2 is 2.04 bits per heavy atom. The second-order valence-electron chi connectivity index (χ2n) is 5.53. The Hall–Kier alpha value is -3.36. The van der Waals surface area contributed by atoms with Crippen molar-refractivity contribution in [1.82, 2.24) is 20.2 Å². The molecule has 3 amide bonds. The summed E-state index contributed by atoms with van der Waals surface area (Å²) in [5, 5.41) is 4.15. The molecule has 25 heavy (non-hydrogen) atoms. The van der Waals surface area contributed by atoms with E-state index in [2.05, 4.69) is 27.1 Å². The van der Waals surface area contributed by atoms with Crippen LogP contribution in [0.1, 0.15) is 5.56 Å². The Bertz CT molecular complexity index is 813. The zero-order valence-electron chi connectivity index (χ0n) is 14.0. The maximum atomic E-state index is 12.5. The molecule has 128 valence electrons. The molecule has 1 aromatic rings. The van der Waals surface area contributed by atoms with Crippen LogP contribution in [0, 0.1) is 0 Å². The van der Waals surface area contributed by atoms with Crippen molar-refractivity contribution in [2.24, 2.45) is 10.1 Å². The zero-order chi connectivity index (χ0) is 18.0. The van der Waals surface area contributed by atoms with E-state index < -0.39 is 12.1 Å². The van der Waals surface area contributed by atoms with E-state index >= 15 is 0 Å².